The predicted octanol–water partition coefficient (Wildman–Crippen LogP) is 3.55. The molecule has 2 nitrogen and oxygen atoms in total. The van der Waals surface area contributed by atoms with Crippen LogP contribution in [0.2, 0.25) is 0 Å². The first-order chi connectivity index (χ1) is 10.2. The van der Waals surface area contributed by atoms with Crippen molar-refractivity contribution in [2.45, 2.75) is 67.6 Å². The Labute approximate surface area is 132 Å². The van der Waals surface area contributed by atoms with E-state index in [1.54, 1.807) is 11.1 Å². The number of aliphatic hydroxyl groups excluding tert-OH is 1. The zero-order valence-electron chi connectivity index (χ0n) is 13.0. The largest absolute Gasteiger partial charge is 0.394 e. The summed E-state index contributed by atoms with van der Waals surface area (Å²) in [6.45, 7) is 3.34. The Morgan fingerprint density at radius 2 is 2.14 bits per heavy atom. The van der Waals surface area contributed by atoms with E-state index in [4.69, 9.17) is 0 Å². The van der Waals surface area contributed by atoms with E-state index in [1.807, 2.05) is 11.8 Å². The Hall–Kier alpha value is -0.510. The lowest BCUT2D eigenvalue weighted by molar-refractivity contribution is 0.125. The molecule has 2 unspecified atom stereocenters. The van der Waals surface area contributed by atoms with Crippen molar-refractivity contribution >= 4 is 11.8 Å². The fourth-order valence-corrected chi connectivity index (χ4v) is 5.39. The minimum absolute atomic E-state index is 0.0403. The molecule has 3 rings (SSSR count). The molecule has 2 atom stereocenters. The molecule has 0 bridgehead atoms. The Bertz CT molecular complexity index is 486. The molecule has 21 heavy (non-hydrogen) atoms. The van der Waals surface area contributed by atoms with E-state index >= 15 is 0 Å². The highest BCUT2D eigenvalue weighted by Crippen LogP contribution is 2.39. The maximum Gasteiger partial charge on any atom is 0.0613 e. The summed E-state index contributed by atoms with van der Waals surface area (Å²) in [7, 11) is 0. The average molecular weight is 305 g/mol. The molecule has 1 saturated carbocycles. The molecule has 1 aromatic rings. The minimum Gasteiger partial charge on any atom is -0.394 e. The molecule has 116 valence electrons. The van der Waals surface area contributed by atoms with E-state index in [0.717, 1.165) is 19.4 Å². The summed E-state index contributed by atoms with van der Waals surface area (Å²) in [6.07, 6.45) is 8.52. The SMILES string of the molecule is CCNC1(CO)CCCC(Sc2ccc3c(c2)CCC3)C1. The Balaban J connectivity index is 1.67. The van der Waals surface area contributed by atoms with Crippen molar-refractivity contribution < 1.29 is 5.11 Å². The van der Waals surface area contributed by atoms with Crippen LogP contribution in [-0.4, -0.2) is 29.0 Å². The van der Waals surface area contributed by atoms with Crippen molar-refractivity contribution in [3.8, 4) is 0 Å². The quantitative estimate of drug-likeness (QED) is 0.872. The van der Waals surface area contributed by atoms with E-state index in [0.29, 0.717) is 5.25 Å². The third-order valence-electron chi connectivity index (χ3n) is 5.03. The van der Waals surface area contributed by atoms with Gasteiger partial charge in [-0.1, -0.05) is 19.4 Å². The van der Waals surface area contributed by atoms with Crippen molar-refractivity contribution in [3.63, 3.8) is 0 Å². The van der Waals surface area contributed by atoms with Gasteiger partial charge in [-0.25, -0.2) is 0 Å². The molecule has 0 saturated heterocycles. The lowest BCUT2D eigenvalue weighted by atomic mass is 9.82. The summed E-state index contributed by atoms with van der Waals surface area (Å²) < 4.78 is 0. The molecular formula is C18H27NOS. The van der Waals surface area contributed by atoms with E-state index < -0.39 is 0 Å². The molecule has 2 N–H and O–H groups in total. The van der Waals surface area contributed by atoms with Gasteiger partial charge in [0, 0.05) is 15.7 Å². The molecule has 0 amide bonds. The number of rotatable bonds is 5. The summed E-state index contributed by atoms with van der Waals surface area (Å²) >= 11 is 2.02. The van der Waals surface area contributed by atoms with Crippen molar-refractivity contribution in [1.82, 2.24) is 5.32 Å². The van der Waals surface area contributed by atoms with Gasteiger partial charge in [0.05, 0.1) is 6.61 Å². The van der Waals surface area contributed by atoms with Gasteiger partial charge in [-0.2, -0.15) is 0 Å². The number of nitrogens with one attached hydrogen (secondary N) is 1. The molecule has 2 aliphatic carbocycles. The van der Waals surface area contributed by atoms with Crippen LogP contribution in [0.3, 0.4) is 0 Å². The van der Waals surface area contributed by atoms with Crippen LogP contribution in [0.25, 0.3) is 0 Å². The number of benzene rings is 1. The summed E-state index contributed by atoms with van der Waals surface area (Å²) in [4.78, 5) is 1.42. The zero-order valence-corrected chi connectivity index (χ0v) is 13.8. The van der Waals surface area contributed by atoms with Crippen molar-refractivity contribution in [2.24, 2.45) is 0 Å². The van der Waals surface area contributed by atoms with Gasteiger partial charge in [0.25, 0.3) is 0 Å². The molecule has 2 aliphatic rings. The molecular weight excluding hydrogens is 278 g/mol. The van der Waals surface area contributed by atoms with Gasteiger partial charge in [-0.3, -0.25) is 0 Å². The fraction of sp³-hybridized carbons (Fsp3) is 0.667. The van der Waals surface area contributed by atoms with Crippen LogP contribution in [0.15, 0.2) is 23.1 Å². The monoisotopic (exact) mass is 305 g/mol. The van der Waals surface area contributed by atoms with Crippen molar-refractivity contribution in [3.05, 3.63) is 29.3 Å². The first-order valence-electron chi connectivity index (χ1n) is 8.39. The minimum atomic E-state index is -0.0403. The molecule has 0 aliphatic heterocycles. The Morgan fingerprint density at radius 3 is 2.95 bits per heavy atom. The number of aryl methyl sites for hydroxylation is 2. The molecule has 0 aromatic heterocycles. The molecule has 1 aromatic carbocycles. The van der Waals surface area contributed by atoms with Gasteiger partial charge in [-0.15, -0.1) is 11.8 Å². The van der Waals surface area contributed by atoms with Crippen LogP contribution in [0.4, 0.5) is 0 Å². The van der Waals surface area contributed by atoms with Gasteiger partial charge < -0.3 is 10.4 Å². The molecule has 1 fully saturated rings. The van der Waals surface area contributed by atoms with Crippen LogP contribution in [0.5, 0.6) is 0 Å². The highest BCUT2D eigenvalue weighted by atomic mass is 32.2. The number of thioether (sulfide) groups is 1. The van der Waals surface area contributed by atoms with Gasteiger partial charge in [0.2, 0.25) is 0 Å². The van der Waals surface area contributed by atoms with Gasteiger partial charge in [0.15, 0.2) is 0 Å². The summed E-state index contributed by atoms with van der Waals surface area (Å²) in [5.74, 6) is 0. The van der Waals surface area contributed by atoms with Crippen LogP contribution >= 0.6 is 11.8 Å². The number of likely N-dealkylation sites (N-methyl/N-ethyl adjacent to an activating group) is 1. The third-order valence-corrected chi connectivity index (χ3v) is 6.29. The second-order valence-corrected chi connectivity index (χ2v) is 7.96. The summed E-state index contributed by atoms with van der Waals surface area (Å²) in [5, 5.41) is 14.0. The van der Waals surface area contributed by atoms with Crippen molar-refractivity contribution in [1.29, 1.82) is 0 Å². The molecule has 0 radical (unpaired) electrons. The van der Waals surface area contributed by atoms with Crippen molar-refractivity contribution in [2.75, 3.05) is 13.2 Å². The van der Waals surface area contributed by atoms with Crippen LogP contribution in [0.1, 0.15) is 50.2 Å². The van der Waals surface area contributed by atoms with E-state index in [9.17, 15) is 5.11 Å². The van der Waals surface area contributed by atoms with Crippen LogP contribution < -0.4 is 5.32 Å². The Morgan fingerprint density at radius 1 is 1.29 bits per heavy atom. The molecule has 0 heterocycles. The number of fused-ring (bicyclic) bond motifs is 1. The topological polar surface area (TPSA) is 32.3 Å². The van der Waals surface area contributed by atoms with E-state index in [2.05, 4.69) is 30.4 Å². The number of hydrogen-bond donors (Lipinski definition) is 2. The highest BCUT2D eigenvalue weighted by molar-refractivity contribution is 8.00. The lowest BCUT2D eigenvalue weighted by Gasteiger charge is -2.40. The second kappa shape index (κ2) is 6.72. The van der Waals surface area contributed by atoms with E-state index in [-0.39, 0.29) is 12.1 Å². The maximum absolute atomic E-state index is 9.81. The average Bonchev–Trinajstić information content (AvgIpc) is 2.95. The Kier molecular flexibility index (Phi) is 4.92. The highest BCUT2D eigenvalue weighted by Gasteiger charge is 2.35. The predicted molar refractivity (Wildman–Crippen MR) is 90.1 cm³/mol. The molecule has 0 spiro atoms. The number of hydrogen-bond acceptors (Lipinski definition) is 3. The summed E-state index contributed by atoms with van der Waals surface area (Å²) in [6, 6.07) is 7.05. The molecule has 3 heteroatoms. The van der Waals surface area contributed by atoms with Crippen LogP contribution in [0, 0.1) is 0 Å². The first-order valence-corrected chi connectivity index (χ1v) is 9.27. The zero-order chi connectivity index (χ0) is 14.7. The fourth-order valence-electron chi connectivity index (χ4n) is 3.96. The lowest BCUT2D eigenvalue weighted by Crippen LogP contribution is -2.52. The first kappa shape index (κ1) is 15.4. The smallest absolute Gasteiger partial charge is 0.0613 e. The van der Waals surface area contributed by atoms with Gasteiger partial charge in [-0.05, 0) is 68.3 Å². The standard InChI is InChI=1S/C18H27NOS/c1-2-19-18(13-20)10-4-7-17(12-18)21-16-9-8-14-5-3-6-15(14)11-16/h8-9,11,17,19-20H,2-7,10,12-13H2,1H3. The number of aliphatic hydroxyl groups is 1. The van der Waals surface area contributed by atoms with Gasteiger partial charge in [0.1, 0.15) is 0 Å². The second-order valence-electron chi connectivity index (χ2n) is 6.59. The summed E-state index contributed by atoms with van der Waals surface area (Å²) in [5.41, 5.74) is 3.08. The van der Waals surface area contributed by atoms with Gasteiger partial charge >= 0.3 is 0 Å². The third kappa shape index (κ3) is 3.46. The normalized spacial score (nSPS) is 28.6. The van der Waals surface area contributed by atoms with E-state index in [1.165, 1.54) is 37.0 Å². The maximum atomic E-state index is 9.81. The van der Waals surface area contributed by atoms with Crippen LogP contribution in [-0.2, 0) is 12.8 Å².